The van der Waals surface area contributed by atoms with Crippen LogP contribution in [-0.2, 0) is 4.79 Å². The number of hydrogen-bond acceptors (Lipinski definition) is 4. The lowest BCUT2D eigenvalue weighted by molar-refractivity contribution is -0.119. The number of aliphatic hydroxyl groups excluding tert-OH is 2. The zero-order valence-corrected chi connectivity index (χ0v) is 10.8. The number of carbonyl (C=O) groups excluding carboxylic acids is 1. The Hall–Kier alpha value is -1.11. The van der Waals surface area contributed by atoms with Crippen LogP contribution in [0.2, 0.25) is 0 Å². The van der Waals surface area contributed by atoms with E-state index in [1.807, 2.05) is 0 Å². The third-order valence-electron chi connectivity index (χ3n) is 2.25. The molecule has 0 fully saturated rings. The fourth-order valence-electron chi connectivity index (χ4n) is 1.33. The van der Waals surface area contributed by atoms with Crippen molar-refractivity contribution in [3.63, 3.8) is 0 Å². The number of carbonyl (C=O) groups is 1. The molecule has 0 aliphatic heterocycles. The van der Waals surface area contributed by atoms with Crippen LogP contribution in [0.3, 0.4) is 0 Å². The quantitative estimate of drug-likeness (QED) is 0.659. The first-order valence-corrected chi connectivity index (χ1v) is 5.80. The predicted molar refractivity (Wildman–Crippen MR) is 65.5 cm³/mol. The Morgan fingerprint density at radius 1 is 1.47 bits per heavy atom. The Morgan fingerprint density at radius 3 is 2.71 bits per heavy atom. The molecule has 0 spiro atoms. The molecular formula is C11H14BrNO4. The minimum atomic E-state index is -1.19. The smallest absolute Gasteiger partial charge is 0.216 e. The van der Waals surface area contributed by atoms with Gasteiger partial charge in [0.15, 0.2) is 0 Å². The SMILES string of the molecule is CC(=O)NCC(O)C(O)c1cccc(O)c1Br. The van der Waals surface area contributed by atoms with E-state index in [2.05, 4.69) is 21.2 Å². The van der Waals surface area contributed by atoms with Crippen LogP contribution in [0.4, 0.5) is 0 Å². The van der Waals surface area contributed by atoms with E-state index in [1.54, 1.807) is 12.1 Å². The molecular weight excluding hydrogens is 290 g/mol. The van der Waals surface area contributed by atoms with E-state index in [4.69, 9.17) is 0 Å². The molecule has 1 aromatic carbocycles. The molecule has 1 rings (SSSR count). The van der Waals surface area contributed by atoms with Crippen molar-refractivity contribution >= 4 is 21.8 Å². The lowest BCUT2D eigenvalue weighted by Gasteiger charge is -2.19. The summed E-state index contributed by atoms with van der Waals surface area (Å²) in [5.74, 6) is -0.306. The van der Waals surface area contributed by atoms with Crippen molar-refractivity contribution in [1.29, 1.82) is 0 Å². The van der Waals surface area contributed by atoms with Gasteiger partial charge in [0.1, 0.15) is 18.0 Å². The van der Waals surface area contributed by atoms with Crippen molar-refractivity contribution in [3.05, 3.63) is 28.2 Å². The van der Waals surface area contributed by atoms with Crippen LogP contribution >= 0.6 is 15.9 Å². The number of hydrogen-bond donors (Lipinski definition) is 4. The van der Waals surface area contributed by atoms with E-state index in [1.165, 1.54) is 13.0 Å². The van der Waals surface area contributed by atoms with Gasteiger partial charge >= 0.3 is 0 Å². The number of halogens is 1. The number of aromatic hydroxyl groups is 1. The lowest BCUT2D eigenvalue weighted by atomic mass is 10.0. The fourth-order valence-corrected chi connectivity index (χ4v) is 1.83. The number of amides is 1. The normalized spacial score (nSPS) is 14.1. The van der Waals surface area contributed by atoms with E-state index < -0.39 is 12.2 Å². The first-order valence-electron chi connectivity index (χ1n) is 5.01. The van der Waals surface area contributed by atoms with E-state index in [-0.39, 0.29) is 18.2 Å². The number of benzene rings is 1. The molecule has 6 heteroatoms. The molecule has 2 atom stereocenters. The van der Waals surface area contributed by atoms with Crippen LogP contribution in [-0.4, -0.2) is 33.9 Å². The molecule has 2 unspecified atom stereocenters. The highest BCUT2D eigenvalue weighted by Gasteiger charge is 2.21. The Balaban J connectivity index is 2.77. The molecule has 0 saturated heterocycles. The summed E-state index contributed by atoms with van der Waals surface area (Å²) in [6, 6.07) is 4.59. The van der Waals surface area contributed by atoms with Gasteiger partial charge in [-0.3, -0.25) is 4.79 Å². The number of nitrogens with one attached hydrogen (secondary N) is 1. The van der Waals surface area contributed by atoms with Crippen LogP contribution in [0.15, 0.2) is 22.7 Å². The summed E-state index contributed by atoms with van der Waals surface area (Å²) < 4.78 is 0.328. The van der Waals surface area contributed by atoms with Gasteiger partial charge in [0, 0.05) is 19.0 Å². The highest BCUT2D eigenvalue weighted by molar-refractivity contribution is 9.10. The Labute approximate surface area is 107 Å². The largest absolute Gasteiger partial charge is 0.507 e. The first kappa shape index (κ1) is 14.0. The zero-order valence-electron chi connectivity index (χ0n) is 9.22. The topological polar surface area (TPSA) is 89.8 Å². The number of rotatable bonds is 4. The van der Waals surface area contributed by atoms with Gasteiger partial charge in [-0.05, 0) is 22.0 Å². The number of phenols is 1. The molecule has 1 aromatic rings. The molecule has 1 amide bonds. The molecule has 5 nitrogen and oxygen atoms in total. The van der Waals surface area contributed by atoms with Crippen LogP contribution < -0.4 is 5.32 Å². The number of phenolic OH excluding ortho intramolecular Hbond substituents is 1. The molecule has 17 heavy (non-hydrogen) atoms. The highest BCUT2D eigenvalue weighted by atomic mass is 79.9. The van der Waals surface area contributed by atoms with Crippen LogP contribution in [0.1, 0.15) is 18.6 Å². The van der Waals surface area contributed by atoms with E-state index in [0.29, 0.717) is 10.0 Å². The van der Waals surface area contributed by atoms with Gasteiger partial charge in [0.25, 0.3) is 0 Å². The summed E-state index contributed by atoms with van der Waals surface area (Å²) in [5, 5.41) is 31.4. The summed E-state index contributed by atoms with van der Waals surface area (Å²) in [6.45, 7) is 1.27. The van der Waals surface area contributed by atoms with E-state index in [9.17, 15) is 20.1 Å². The van der Waals surface area contributed by atoms with Gasteiger partial charge < -0.3 is 20.6 Å². The van der Waals surface area contributed by atoms with Gasteiger partial charge in [-0.25, -0.2) is 0 Å². The Morgan fingerprint density at radius 2 is 2.12 bits per heavy atom. The first-order chi connectivity index (χ1) is 7.93. The van der Waals surface area contributed by atoms with Gasteiger partial charge in [-0.2, -0.15) is 0 Å². The second kappa shape index (κ2) is 6.00. The average molecular weight is 304 g/mol. The fraction of sp³-hybridized carbons (Fsp3) is 0.364. The summed E-state index contributed by atoms with van der Waals surface area (Å²) in [5.41, 5.74) is 0.364. The molecule has 0 saturated carbocycles. The average Bonchev–Trinajstić information content (AvgIpc) is 2.28. The summed E-state index contributed by atoms with van der Waals surface area (Å²) >= 11 is 3.12. The highest BCUT2D eigenvalue weighted by Crippen LogP contribution is 2.32. The molecule has 4 N–H and O–H groups in total. The van der Waals surface area contributed by atoms with Crippen molar-refractivity contribution in [2.24, 2.45) is 0 Å². The van der Waals surface area contributed by atoms with Gasteiger partial charge in [0.2, 0.25) is 5.91 Å². The minimum Gasteiger partial charge on any atom is -0.507 e. The molecule has 94 valence electrons. The summed E-state index contributed by atoms with van der Waals surface area (Å²) in [6.07, 6.45) is -2.33. The second-order valence-electron chi connectivity index (χ2n) is 3.63. The van der Waals surface area contributed by atoms with Crippen molar-refractivity contribution in [3.8, 4) is 5.75 Å². The Bertz CT molecular complexity index is 410. The van der Waals surface area contributed by atoms with E-state index >= 15 is 0 Å². The molecule has 0 heterocycles. The molecule has 0 bridgehead atoms. The standard InChI is InChI=1S/C11H14BrNO4/c1-6(14)13-5-9(16)11(17)7-3-2-4-8(15)10(7)12/h2-4,9,11,15-17H,5H2,1H3,(H,13,14). The predicted octanol–water partition coefficient (Wildman–Crippen LogP) is 0.685. The van der Waals surface area contributed by atoms with Crippen molar-refractivity contribution in [2.45, 2.75) is 19.1 Å². The summed E-state index contributed by atoms with van der Waals surface area (Å²) in [4.78, 5) is 10.7. The van der Waals surface area contributed by atoms with Crippen LogP contribution in [0.5, 0.6) is 5.75 Å². The van der Waals surface area contributed by atoms with Gasteiger partial charge in [-0.1, -0.05) is 12.1 Å². The maximum absolute atomic E-state index is 10.7. The monoisotopic (exact) mass is 303 g/mol. The third-order valence-corrected chi connectivity index (χ3v) is 3.12. The van der Waals surface area contributed by atoms with Crippen molar-refractivity contribution < 1.29 is 20.1 Å². The maximum atomic E-state index is 10.7. The van der Waals surface area contributed by atoms with Crippen LogP contribution in [0, 0.1) is 0 Å². The van der Waals surface area contributed by atoms with E-state index in [0.717, 1.165) is 0 Å². The lowest BCUT2D eigenvalue weighted by Crippen LogP contribution is -2.34. The minimum absolute atomic E-state index is 0.0201. The summed E-state index contributed by atoms with van der Waals surface area (Å²) in [7, 11) is 0. The molecule has 0 radical (unpaired) electrons. The van der Waals surface area contributed by atoms with Crippen molar-refractivity contribution in [1.82, 2.24) is 5.32 Å². The molecule has 0 aromatic heterocycles. The van der Waals surface area contributed by atoms with Gasteiger partial charge in [-0.15, -0.1) is 0 Å². The van der Waals surface area contributed by atoms with Gasteiger partial charge in [0.05, 0.1) is 4.47 Å². The zero-order chi connectivity index (χ0) is 13.0. The Kier molecular flexibility index (Phi) is 4.92. The number of aliphatic hydroxyl groups is 2. The molecule has 0 aliphatic rings. The van der Waals surface area contributed by atoms with Crippen molar-refractivity contribution in [2.75, 3.05) is 6.54 Å². The van der Waals surface area contributed by atoms with Crippen LogP contribution in [0.25, 0.3) is 0 Å². The molecule has 0 aliphatic carbocycles. The third kappa shape index (κ3) is 3.69. The second-order valence-corrected chi connectivity index (χ2v) is 4.42. The maximum Gasteiger partial charge on any atom is 0.216 e.